The summed E-state index contributed by atoms with van der Waals surface area (Å²) in [6.07, 6.45) is 0.342. The van der Waals surface area contributed by atoms with E-state index in [2.05, 4.69) is 18.8 Å². The number of thiazole rings is 1. The molecule has 0 aliphatic carbocycles. The minimum absolute atomic E-state index is 0.0440. The van der Waals surface area contributed by atoms with Crippen LogP contribution < -0.4 is 0 Å². The van der Waals surface area contributed by atoms with Gasteiger partial charge in [-0.25, -0.2) is 4.98 Å². The minimum atomic E-state index is 0.0440. The van der Waals surface area contributed by atoms with Crippen LogP contribution in [-0.2, 0) is 11.2 Å². The summed E-state index contributed by atoms with van der Waals surface area (Å²) in [6, 6.07) is 7.85. The topological polar surface area (TPSA) is 53.5 Å². The molecule has 5 nitrogen and oxygen atoms in total. The Kier molecular flexibility index (Phi) is 5.71. The molecule has 1 fully saturated rings. The van der Waals surface area contributed by atoms with Crippen molar-refractivity contribution in [3.8, 4) is 0 Å². The molecule has 6 heteroatoms. The zero-order valence-corrected chi connectivity index (χ0v) is 16.4. The Labute approximate surface area is 158 Å². The molecule has 26 heavy (non-hydrogen) atoms. The SMILES string of the molecule is Cc1nc(CC(=O)N2CCN(C(=O)c3ccc(C(C)C)cc3)CC2)cs1. The number of carbonyl (C=O) groups excluding carboxylic acids is 2. The maximum absolute atomic E-state index is 12.7. The van der Waals surface area contributed by atoms with Crippen molar-refractivity contribution >= 4 is 23.2 Å². The molecule has 3 rings (SSSR count). The van der Waals surface area contributed by atoms with Crippen molar-refractivity contribution < 1.29 is 9.59 Å². The molecule has 0 saturated carbocycles. The molecule has 1 aliphatic heterocycles. The number of hydrogen-bond donors (Lipinski definition) is 0. The number of aromatic nitrogens is 1. The van der Waals surface area contributed by atoms with Gasteiger partial charge in [0.2, 0.25) is 5.91 Å². The van der Waals surface area contributed by atoms with Gasteiger partial charge in [-0.15, -0.1) is 11.3 Å². The van der Waals surface area contributed by atoms with Gasteiger partial charge in [0.15, 0.2) is 0 Å². The van der Waals surface area contributed by atoms with Crippen molar-refractivity contribution in [2.45, 2.75) is 33.1 Å². The number of aryl methyl sites for hydroxylation is 1. The van der Waals surface area contributed by atoms with E-state index in [1.165, 1.54) is 5.56 Å². The van der Waals surface area contributed by atoms with Crippen molar-refractivity contribution in [1.29, 1.82) is 0 Å². The lowest BCUT2D eigenvalue weighted by molar-refractivity contribution is -0.132. The maximum Gasteiger partial charge on any atom is 0.253 e. The number of rotatable bonds is 4. The molecular formula is C20H25N3O2S. The second-order valence-electron chi connectivity index (χ2n) is 6.98. The second-order valence-corrected chi connectivity index (χ2v) is 8.05. The van der Waals surface area contributed by atoms with Gasteiger partial charge < -0.3 is 9.80 Å². The van der Waals surface area contributed by atoms with Crippen LogP contribution in [0.15, 0.2) is 29.6 Å². The Bertz CT molecular complexity index is 775. The first-order chi connectivity index (χ1) is 12.4. The highest BCUT2D eigenvalue weighted by atomic mass is 32.1. The van der Waals surface area contributed by atoms with Gasteiger partial charge in [-0.3, -0.25) is 9.59 Å². The predicted octanol–water partition coefficient (Wildman–Crippen LogP) is 3.10. The smallest absolute Gasteiger partial charge is 0.253 e. The van der Waals surface area contributed by atoms with Gasteiger partial charge in [0, 0.05) is 37.1 Å². The molecule has 0 radical (unpaired) electrons. The van der Waals surface area contributed by atoms with E-state index >= 15 is 0 Å². The molecule has 1 aromatic heterocycles. The zero-order valence-electron chi connectivity index (χ0n) is 15.6. The first-order valence-electron chi connectivity index (χ1n) is 9.02. The maximum atomic E-state index is 12.7. The molecule has 0 atom stereocenters. The fourth-order valence-corrected chi connectivity index (χ4v) is 3.72. The van der Waals surface area contributed by atoms with Crippen LogP contribution in [0.1, 0.15) is 46.4 Å². The third-order valence-corrected chi connectivity index (χ3v) is 5.57. The van der Waals surface area contributed by atoms with Gasteiger partial charge in [0.25, 0.3) is 5.91 Å². The number of carbonyl (C=O) groups is 2. The fourth-order valence-electron chi connectivity index (χ4n) is 3.11. The summed E-state index contributed by atoms with van der Waals surface area (Å²) in [5.41, 5.74) is 2.78. The average molecular weight is 372 g/mol. The minimum Gasteiger partial charge on any atom is -0.339 e. The predicted molar refractivity (Wildman–Crippen MR) is 104 cm³/mol. The summed E-state index contributed by atoms with van der Waals surface area (Å²) in [7, 11) is 0. The van der Waals surface area contributed by atoms with Crippen molar-refractivity contribution in [1.82, 2.24) is 14.8 Å². The second kappa shape index (κ2) is 7.99. The van der Waals surface area contributed by atoms with Crippen LogP contribution in [0.25, 0.3) is 0 Å². The highest BCUT2D eigenvalue weighted by molar-refractivity contribution is 7.09. The van der Waals surface area contributed by atoms with Gasteiger partial charge in [0.1, 0.15) is 0 Å². The molecule has 1 saturated heterocycles. The van der Waals surface area contributed by atoms with E-state index in [9.17, 15) is 9.59 Å². The van der Waals surface area contributed by atoms with Crippen LogP contribution in [0.5, 0.6) is 0 Å². The standard InChI is InChI=1S/C20H25N3O2S/c1-14(2)16-4-6-17(7-5-16)20(25)23-10-8-22(9-11-23)19(24)12-18-13-26-15(3)21-18/h4-7,13-14H,8-12H2,1-3H3. The van der Waals surface area contributed by atoms with Crippen molar-refractivity contribution in [2.24, 2.45) is 0 Å². The average Bonchev–Trinajstić information content (AvgIpc) is 3.06. The number of amides is 2. The van der Waals surface area contributed by atoms with E-state index < -0.39 is 0 Å². The highest BCUT2D eigenvalue weighted by Gasteiger charge is 2.25. The van der Waals surface area contributed by atoms with E-state index in [0.29, 0.717) is 44.1 Å². The van der Waals surface area contributed by atoms with E-state index in [0.717, 1.165) is 10.7 Å². The summed E-state index contributed by atoms with van der Waals surface area (Å²) in [5.74, 6) is 0.585. The number of benzene rings is 1. The summed E-state index contributed by atoms with van der Waals surface area (Å²) < 4.78 is 0. The number of nitrogens with zero attached hydrogens (tertiary/aromatic N) is 3. The van der Waals surface area contributed by atoms with E-state index in [1.54, 1.807) is 11.3 Å². The van der Waals surface area contributed by atoms with E-state index in [1.807, 2.05) is 46.4 Å². The lowest BCUT2D eigenvalue weighted by atomic mass is 10.0. The quantitative estimate of drug-likeness (QED) is 0.830. The van der Waals surface area contributed by atoms with Crippen molar-refractivity contribution in [3.63, 3.8) is 0 Å². The third kappa shape index (κ3) is 4.30. The first-order valence-corrected chi connectivity index (χ1v) is 9.90. The number of hydrogen-bond acceptors (Lipinski definition) is 4. The molecular weight excluding hydrogens is 346 g/mol. The molecule has 0 N–H and O–H groups in total. The lowest BCUT2D eigenvalue weighted by Crippen LogP contribution is -2.51. The summed E-state index contributed by atoms with van der Waals surface area (Å²) in [6.45, 7) is 8.53. The van der Waals surface area contributed by atoms with Crippen LogP contribution in [0, 0.1) is 6.92 Å². The van der Waals surface area contributed by atoms with Gasteiger partial charge in [-0.2, -0.15) is 0 Å². The Morgan fingerprint density at radius 1 is 1.08 bits per heavy atom. The molecule has 1 aliphatic rings. The van der Waals surface area contributed by atoms with E-state index in [-0.39, 0.29) is 11.8 Å². The lowest BCUT2D eigenvalue weighted by Gasteiger charge is -2.34. The Morgan fingerprint density at radius 3 is 2.23 bits per heavy atom. The van der Waals surface area contributed by atoms with Gasteiger partial charge in [-0.05, 0) is 30.5 Å². The monoisotopic (exact) mass is 371 g/mol. The van der Waals surface area contributed by atoms with Crippen molar-refractivity contribution in [3.05, 3.63) is 51.5 Å². The highest BCUT2D eigenvalue weighted by Crippen LogP contribution is 2.17. The molecule has 0 bridgehead atoms. The van der Waals surface area contributed by atoms with E-state index in [4.69, 9.17) is 0 Å². The molecule has 0 spiro atoms. The van der Waals surface area contributed by atoms with Crippen molar-refractivity contribution in [2.75, 3.05) is 26.2 Å². The Hall–Kier alpha value is -2.21. The molecule has 2 amide bonds. The molecule has 2 heterocycles. The zero-order chi connectivity index (χ0) is 18.7. The third-order valence-electron chi connectivity index (χ3n) is 4.74. The van der Waals surface area contributed by atoms with Crippen LogP contribution in [0.4, 0.5) is 0 Å². The van der Waals surface area contributed by atoms with Gasteiger partial charge >= 0.3 is 0 Å². The molecule has 1 aromatic carbocycles. The number of piperazine rings is 1. The van der Waals surface area contributed by atoms with Crippen LogP contribution in [-0.4, -0.2) is 52.8 Å². The normalized spacial score (nSPS) is 14.8. The van der Waals surface area contributed by atoms with Crippen LogP contribution in [0.3, 0.4) is 0 Å². The first kappa shape index (κ1) is 18.6. The van der Waals surface area contributed by atoms with Crippen LogP contribution in [0.2, 0.25) is 0 Å². The molecule has 2 aromatic rings. The fraction of sp³-hybridized carbons (Fsp3) is 0.450. The van der Waals surface area contributed by atoms with Gasteiger partial charge in [-0.1, -0.05) is 26.0 Å². The summed E-state index contributed by atoms with van der Waals surface area (Å²) in [5, 5.41) is 2.92. The largest absolute Gasteiger partial charge is 0.339 e. The summed E-state index contributed by atoms with van der Waals surface area (Å²) in [4.78, 5) is 33.1. The molecule has 0 unspecified atom stereocenters. The Morgan fingerprint density at radius 2 is 1.69 bits per heavy atom. The van der Waals surface area contributed by atoms with Crippen LogP contribution >= 0.6 is 11.3 Å². The van der Waals surface area contributed by atoms with Gasteiger partial charge in [0.05, 0.1) is 17.1 Å². The Balaban J connectivity index is 1.54. The molecule has 138 valence electrons. The summed E-state index contributed by atoms with van der Waals surface area (Å²) >= 11 is 1.56.